The summed E-state index contributed by atoms with van der Waals surface area (Å²) in [7, 11) is 3.17. The molecular formula is C37H49N3O8. The molecule has 11 nitrogen and oxygen atoms in total. The number of carbonyl (C=O) groups is 4. The van der Waals surface area contributed by atoms with Gasteiger partial charge in [0.15, 0.2) is 18.1 Å². The summed E-state index contributed by atoms with van der Waals surface area (Å²) in [6.07, 6.45) is 6.96. The van der Waals surface area contributed by atoms with Crippen LogP contribution in [0.5, 0.6) is 17.2 Å². The number of rotatable bonds is 6. The molecule has 3 aliphatic rings. The maximum atomic E-state index is 14.4. The fourth-order valence-electron chi connectivity index (χ4n) is 7.03. The third-order valence-corrected chi connectivity index (χ3v) is 9.75. The van der Waals surface area contributed by atoms with Crippen molar-refractivity contribution >= 4 is 23.7 Å². The number of piperidine rings is 1. The van der Waals surface area contributed by atoms with Gasteiger partial charge in [0.2, 0.25) is 11.8 Å². The summed E-state index contributed by atoms with van der Waals surface area (Å²) in [4.78, 5) is 56.8. The molecule has 2 aromatic rings. The van der Waals surface area contributed by atoms with Crippen molar-refractivity contribution in [2.45, 2.75) is 102 Å². The summed E-state index contributed by atoms with van der Waals surface area (Å²) in [5, 5.41) is 5.78. The molecule has 2 fully saturated rings. The Labute approximate surface area is 283 Å². The van der Waals surface area contributed by atoms with Crippen molar-refractivity contribution in [3.8, 4) is 17.2 Å². The Kier molecular flexibility index (Phi) is 11.5. The predicted molar refractivity (Wildman–Crippen MR) is 179 cm³/mol. The number of hydrogen-bond acceptors (Lipinski definition) is 8. The van der Waals surface area contributed by atoms with E-state index in [1.54, 1.807) is 51.2 Å². The second kappa shape index (κ2) is 15.7. The highest BCUT2D eigenvalue weighted by molar-refractivity contribution is 5.95. The number of ether oxygens (including phenoxy) is 4. The number of carbonyl (C=O) groups excluding carboxylic acids is 4. The second-order valence-corrected chi connectivity index (χ2v) is 13.6. The summed E-state index contributed by atoms with van der Waals surface area (Å²) in [6.45, 7) is 3.30. The van der Waals surface area contributed by atoms with Crippen LogP contribution in [0, 0.1) is 5.92 Å². The molecule has 5 rings (SSSR count). The first-order valence-corrected chi connectivity index (χ1v) is 17.2. The third-order valence-electron chi connectivity index (χ3n) is 9.75. The smallest absolute Gasteiger partial charge is 0.329 e. The van der Waals surface area contributed by atoms with Crippen molar-refractivity contribution in [1.82, 2.24) is 15.5 Å². The Morgan fingerprint density at radius 2 is 1.65 bits per heavy atom. The molecule has 0 radical (unpaired) electrons. The first-order chi connectivity index (χ1) is 23.1. The van der Waals surface area contributed by atoms with E-state index >= 15 is 0 Å². The van der Waals surface area contributed by atoms with Gasteiger partial charge >= 0.3 is 5.97 Å². The summed E-state index contributed by atoms with van der Waals surface area (Å²) in [5.41, 5.74) is 0.371. The minimum atomic E-state index is -1.31. The number of cyclic esters (lactones) is 1. The molecule has 0 unspecified atom stereocenters. The molecule has 3 amide bonds. The highest BCUT2D eigenvalue weighted by atomic mass is 16.5. The van der Waals surface area contributed by atoms with E-state index in [0.717, 1.165) is 50.5 Å². The molecule has 48 heavy (non-hydrogen) atoms. The van der Waals surface area contributed by atoms with Crippen molar-refractivity contribution in [2.24, 2.45) is 5.92 Å². The Hall–Kier alpha value is -4.28. The van der Waals surface area contributed by atoms with Gasteiger partial charge in [0, 0.05) is 6.54 Å². The van der Waals surface area contributed by atoms with E-state index in [2.05, 4.69) is 10.6 Å². The Morgan fingerprint density at radius 1 is 0.896 bits per heavy atom. The molecule has 0 spiro atoms. The second-order valence-electron chi connectivity index (χ2n) is 13.6. The largest absolute Gasteiger partial charge is 0.493 e. The maximum Gasteiger partial charge on any atom is 0.329 e. The molecule has 2 aliphatic heterocycles. The van der Waals surface area contributed by atoms with Gasteiger partial charge < -0.3 is 34.5 Å². The Bertz CT molecular complexity index is 1470. The molecule has 2 N–H and O–H groups in total. The number of benzene rings is 2. The molecule has 3 atom stereocenters. The van der Waals surface area contributed by atoms with Gasteiger partial charge in [0.05, 0.1) is 14.2 Å². The van der Waals surface area contributed by atoms with Crippen LogP contribution in [0.15, 0.2) is 42.5 Å². The lowest BCUT2D eigenvalue weighted by Gasteiger charge is -2.40. The predicted octanol–water partition coefficient (Wildman–Crippen LogP) is 4.65. The van der Waals surface area contributed by atoms with Gasteiger partial charge in [-0.2, -0.15) is 0 Å². The van der Waals surface area contributed by atoms with Crippen LogP contribution in [0.25, 0.3) is 0 Å². The number of aryl methyl sites for hydroxylation is 1. The van der Waals surface area contributed by atoms with Gasteiger partial charge in [-0.05, 0) is 100 Å². The molecule has 1 saturated heterocycles. The summed E-state index contributed by atoms with van der Waals surface area (Å²) >= 11 is 0. The number of nitrogens with one attached hydrogen (secondary N) is 2. The van der Waals surface area contributed by atoms with E-state index in [9.17, 15) is 19.2 Å². The van der Waals surface area contributed by atoms with E-state index in [1.807, 2.05) is 24.3 Å². The number of nitrogens with zero attached hydrogens (tertiary/aromatic N) is 1. The van der Waals surface area contributed by atoms with E-state index in [1.165, 1.54) is 0 Å². The quantitative estimate of drug-likeness (QED) is 0.427. The van der Waals surface area contributed by atoms with Gasteiger partial charge in [-0.3, -0.25) is 14.4 Å². The minimum Gasteiger partial charge on any atom is -0.493 e. The first kappa shape index (κ1) is 35.0. The van der Waals surface area contributed by atoms with Crippen molar-refractivity contribution in [2.75, 3.05) is 27.4 Å². The lowest BCUT2D eigenvalue weighted by molar-refractivity contribution is -0.163. The van der Waals surface area contributed by atoms with E-state index in [4.69, 9.17) is 18.9 Å². The molecule has 11 heteroatoms. The van der Waals surface area contributed by atoms with E-state index < -0.39 is 41.5 Å². The van der Waals surface area contributed by atoms with Gasteiger partial charge in [-0.15, -0.1) is 0 Å². The number of esters is 1. The zero-order valence-corrected chi connectivity index (χ0v) is 28.5. The Morgan fingerprint density at radius 3 is 2.40 bits per heavy atom. The first-order valence-electron chi connectivity index (χ1n) is 17.2. The molecule has 2 aromatic carbocycles. The molecular weight excluding hydrogens is 614 g/mol. The van der Waals surface area contributed by atoms with Gasteiger partial charge in [-0.25, -0.2) is 4.79 Å². The summed E-state index contributed by atoms with van der Waals surface area (Å²) in [6, 6.07) is 11.2. The number of fused-ring (bicyclic) bond motifs is 3. The number of hydrogen-bond donors (Lipinski definition) is 2. The van der Waals surface area contributed by atoms with Gasteiger partial charge in [0.1, 0.15) is 29.5 Å². The van der Waals surface area contributed by atoms with Crippen LogP contribution in [-0.4, -0.2) is 73.6 Å². The highest BCUT2D eigenvalue weighted by Crippen LogP contribution is 2.33. The zero-order chi connectivity index (χ0) is 34.3. The van der Waals surface area contributed by atoms with Crippen LogP contribution >= 0.6 is 0 Å². The highest BCUT2D eigenvalue weighted by Gasteiger charge is 2.42. The molecule has 0 aromatic heterocycles. The third kappa shape index (κ3) is 8.41. The number of methoxy groups -OCH3 is 2. The average Bonchev–Trinajstić information content (AvgIpc) is 3.10. The topological polar surface area (TPSA) is 132 Å². The van der Waals surface area contributed by atoms with Crippen molar-refractivity contribution in [3.63, 3.8) is 0 Å². The van der Waals surface area contributed by atoms with Crippen LogP contribution in [0.2, 0.25) is 0 Å². The van der Waals surface area contributed by atoms with Gasteiger partial charge in [0.25, 0.3) is 5.91 Å². The van der Waals surface area contributed by atoms with Crippen LogP contribution in [-0.2, 0) is 30.3 Å². The van der Waals surface area contributed by atoms with Gasteiger partial charge in [-0.1, -0.05) is 37.5 Å². The average molecular weight is 664 g/mol. The lowest BCUT2D eigenvalue weighted by Crippen LogP contribution is -2.63. The van der Waals surface area contributed by atoms with Crippen molar-refractivity contribution in [1.29, 1.82) is 0 Å². The van der Waals surface area contributed by atoms with Crippen LogP contribution < -0.4 is 24.8 Å². The lowest BCUT2D eigenvalue weighted by atomic mass is 9.82. The van der Waals surface area contributed by atoms with Crippen molar-refractivity contribution in [3.05, 3.63) is 53.6 Å². The van der Waals surface area contributed by atoms with Crippen LogP contribution in [0.1, 0.15) is 88.9 Å². The fraction of sp³-hybridized carbons (Fsp3) is 0.568. The Balaban J connectivity index is 1.48. The molecule has 260 valence electrons. The number of amides is 3. The van der Waals surface area contributed by atoms with Crippen LogP contribution in [0.3, 0.4) is 0 Å². The van der Waals surface area contributed by atoms with E-state index in [0.29, 0.717) is 48.6 Å². The SMILES string of the molecule is COc1ccc(CC[C@H]2OC(=O)[C@@H]3CCCCN3C(=O)[C@@H](C3CCCCC3)NC(=O)C(C)(C)NC(=O)COc3cccc2c3)cc1OC. The molecule has 1 aliphatic carbocycles. The minimum absolute atomic E-state index is 0.0681. The van der Waals surface area contributed by atoms with E-state index in [-0.39, 0.29) is 18.4 Å². The normalized spacial score (nSPS) is 24.2. The monoisotopic (exact) mass is 663 g/mol. The molecule has 1 saturated carbocycles. The molecule has 2 heterocycles. The fourth-order valence-corrected chi connectivity index (χ4v) is 7.03. The maximum absolute atomic E-state index is 14.4. The van der Waals surface area contributed by atoms with Crippen LogP contribution in [0.4, 0.5) is 0 Å². The summed E-state index contributed by atoms with van der Waals surface area (Å²) in [5.74, 6) is -0.0913. The molecule has 2 bridgehead atoms. The standard InChI is InChI=1S/C37H49N3O8/c1-37(2)36(44)38-33(25-11-6-5-7-12-25)34(42)40-20-9-8-15-28(40)35(43)48-29(18-16-24-17-19-30(45-3)31(21-24)46-4)26-13-10-14-27(22-26)47-23-32(41)39-37/h10,13-14,17,19,21-22,25,28-29,33H,5-9,11-12,15-16,18,20,23H2,1-4H3,(H,38,44)(H,39,41)/t28-,29+,33+/m0/s1. The zero-order valence-electron chi connectivity index (χ0n) is 28.5. The van der Waals surface area contributed by atoms with Crippen molar-refractivity contribution < 1.29 is 38.1 Å². The summed E-state index contributed by atoms with van der Waals surface area (Å²) < 4.78 is 23.0.